The third-order valence-electron chi connectivity index (χ3n) is 0.854. The van der Waals surface area contributed by atoms with Gasteiger partial charge in [0.05, 0.1) is 0 Å². The number of unbranched alkanes of at least 4 members (excludes halogenated alkanes) is 3. The van der Waals surface area contributed by atoms with Crippen molar-refractivity contribution < 1.29 is 48.8 Å². The molecule has 0 heterocycles. The second-order valence-corrected chi connectivity index (χ2v) is 8.16. The van der Waals surface area contributed by atoms with Gasteiger partial charge < -0.3 is 42.7 Å². The van der Waals surface area contributed by atoms with Crippen LogP contribution in [0.3, 0.4) is 0 Å². The van der Waals surface area contributed by atoms with Gasteiger partial charge in [-0.2, -0.15) is 20.3 Å². The molecule has 0 unspecified atom stereocenters. The number of rotatable bonds is 3. The largest absolute Gasteiger partial charge is 2.00 e. The molecule has 0 fully saturated rings. The Hall–Kier alpha value is 1.68. The molecule has 6 N–H and O–H groups in total. The average Bonchev–Trinajstić information content (AvgIpc) is 2.10. The molecule has 0 bridgehead atoms. The molecule has 0 atom stereocenters. The summed E-state index contributed by atoms with van der Waals surface area (Å²) in [4.78, 5) is 45.3. The minimum absolute atomic E-state index is 0. The first-order valence-electron chi connectivity index (χ1n) is 5.43. The smallest absolute Gasteiger partial charge is 0.343 e. The summed E-state index contributed by atoms with van der Waals surface area (Å²) in [6.45, 7) is 2.32. The van der Waals surface area contributed by atoms with Crippen LogP contribution in [-0.4, -0.2) is 29.4 Å². The summed E-state index contributed by atoms with van der Waals surface area (Å²) in [6, 6.07) is 0. The van der Waals surface area contributed by atoms with Crippen LogP contribution in [0, 0.1) is 13.3 Å². The predicted octanol–water partition coefficient (Wildman–Crippen LogP) is 2.00. The standard InChI is InChI=1S/C6H13.C3H7.2H3O3PS.Zn/c1-3-5-6-4-2;1-3-2;2*1-4(2,3)5;/h1,3-6H2,2H3;3H,1-2H3;2*(H3,1,2,3,5);/q2*-1;;;+2. The van der Waals surface area contributed by atoms with E-state index in [-0.39, 0.29) is 19.5 Å². The topological polar surface area (TPSA) is 121 Å². The van der Waals surface area contributed by atoms with Crippen LogP contribution in [0.1, 0.15) is 46.5 Å². The first-order valence-corrected chi connectivity index (χ1v) is 10.7. The van der Waals surface area contributed by atoms with Crippen LogP contribution in [0.25, 0.3) is 0 Å². The quantitative estimate of drug-likeness (QED) is 0.177. The van der Waals surface area contributed by atoms with E-state index in [1.807, 2.05) is 20.3 Å². The molecule has 0 rings (SSSR count). The zero-order chi connectivity index (χ0) is 16.5. The van der Waals surface area contributed by atoms with E-state index in [4.69, 9.17) is 29.4 Å². The summed E-state index contributed by atoms with van der Waals surface area (Å²) >= 11 is 7.21. The SMILES string of the molecule is C[CH-]C.OP(O)(O)=S.OP(O)(O)=S.[CH2-]CCCCC.[Zn+2]. The summed E-state index contributed by atoms with van der Waals surface area (Å²) < 4.78 is 0. The van der Waals surface area contributed by atoms with E-state index in [1.165, 1.54) is 19.3 Å². The first kappa shape index (κ1) is 33.3. The molecule has 0 aromatic carbocycles. The van der Waals surface area contributed by atoms with Crippen LogP contribution in [0.2, 0.25) is 0 Å². The molecule has 122 valence electrons. The van der Waals surface area contributed by atoms with Crippen molar-refractivity contribution in [2.24, 2.45) is 0 Å². The summed E-state index contributed by atoms with van der Waals surface area (Å²) in [5, 5.41) is 0. The second kappa shape index (κ2) is 23.0. The molecule has 0 radical (unpaired) electrons. The van der Waals surface area contributed by atoms with Crippen LogP contribution < -0.4 is 0 Å². The van der Waals surface area contributed by atoms with Crippen molar-refractivity contribution in [2.75, 3.05) is 0 Å². The van der Waals surface area contributed by atoms with Crippen LogP contribution in [-0.2, 0) is 43.1 Å². The third-order valence-corrected chi connectivity index (χ3v) is 0.854. The Kier molecular flexibility index (Phi) is 38.3. The maximum atomic E-state index is 7.56. The molecule has 20 heavy (non-hydrogen) atoms. The van der Waals surface area contributed by atoms with Gasteiger partial charge in [0.15, 0.2) is 0 Å². The Balaban J connectivity index is -0.0000000504. The summed E-state index contributed by atoms with van der Waals surface area (Å²) in [5.41, 5.74) is 0. The molecule has 0 aromatic rings. The normalized spacial score (nSPS) is 9.50. The molecule has 11 heteroatoms. The van der Waals surface area contributed by atoms with E-state index in [2.05, 4.69) is 37.5 Å². The maximum Gasteiger partial charge on any atom is 2.00 e. The Morgan fingerprint density at radius 1 is 0.900 bits per heavy atom. The summed E-state index contributed by atoms with van der Waals surface area (Å²) in [7, 11) is 0. The van der Waals surface area contributed by atoms with Gasteiger partial charge in [0.1, 0.15) is 0 Å². The van der Waals surface area contributed by atoms with E-state index in [9.17, 15) is 0 Å². The van der Waals surface area contributed by atoms with Gasteiger partial charge in [-0.1, -0.05) is 26.2 Å². The van der Waals surface area contributed by atoms with Crippen molar-refractivity contribution in [3.63, 3.8) is 0 Å². The Morgan fingerprint density at radius 2 is 1.10 bits per heavy atom. The van der Waals surface area contributed by atoms with Crippen molar-refractivity contribution in [3.8, 4) is 0 Å². The Morgan fingerprint density at radius 3 is 1.15 bits per heavy atom. The van der Waals surface area contributed by atoms with E-state index in [0.29, 0.717) is 0 Å². The third kappa shape index (κ3) is 313. The van der Waals surface area contributed by atoms with Crippen molar-refractivity contribution in [2.45, 2.75) is 46.5 Å². The molecule has 0 aliphatic heterocycles. The van der Waals surface area contributed by atoms with Crippen LogP contribution in [0.4, 0.5) is 0 Å². The minimum atomic E-state index is -3.81. The molecule has 0 spiro atoms. The molecule has 0 aliphatic carbocycles. The van der Waals surface area contributed by atoms with Gasteiger partial charge in [-0.15, -0.1) is 0 Å². The zero-order valence-electron chi connectivity index (χ0n) is 12.2. The van der Waals surface area contributed by atoms with E-state index >= 15 is 0 Å². The molecular weight excluding hydrogens is 396 g/mol. The first-order chi connectivity index (χ1) is 8.33. The van der Waals surface area contributed by atoms with Gasteiger partial charge in [0.25, 0.3) is 0 Å². The number of hydrogen-bond donors (Lipinski definition) is 6. The van der Waals surface area contributed by atoms with E-state index < -0.39 is 13.4 Å². The molecule has 6 nitrogen and oxygen atoms in total. The molecule has 0 aliphatic rings. The molecular formula is C9H26O6P2S2Zn. The molecule has 0 aromatic heterocycles. The average molecular weight is 422 g/mol. The van der Waals surface area contributed by atoms with Crippen molar-refractivity contribution >= 4 is 37.1 Å². The van der Waals surface area contributed by atoms with Gasteiger partial charge in [0, 0.05) is 0 Å². The van der Waals surface area contributed by atoms with Gasteiger partial charge >= 0.3 is 32.9 Å². The van der Waals surface area contributed by atoms with Gasteiger partial charge in [-0.3, -0.25) is 0 Å². The summed E-state index contributed by atoms with van der Waals surface area (Å²) in [5.74, 6) is 0. The van der Waals surface area contributed by atoms with Crippen LogP contribution >= 0.6 is 13.4 Å². The van der Waals surface area contributed by atoms with E-state index in [1.54, 1.807) is 0 Å². The minimum Gasteiger partial charge on any atom is -0.343 e. The molecule has 0 saturated carbocycles. The van der Waals surface area contributed by atoms with Gasteiger partial charge in [-0.05, 0) is 23.6 Å². The van der Waals surface area contributed by atoms with Crippen LogP contribution in [0.15, 0.2) is 0 Å². The van der Waals surface area contributed by atoms with Crippen molar-refractivity contribution in [1.82, 2.24) is 0 Å². The van der Waals surface area contributed by atoms with E-state index in [0.717, 1.165) is 6.42 Å². The van der Waals surface area contributed by atoms with Crippen molar-refractivity contribution in [3.05, 3.63) is 13.3 Å². The zero-order valence-corrected chi connectivity index (χ0v) is 18.6. The Labute approximate surface area is 145 Å². The fourth-order valence-electron chi connectivity index (χ4n) is 0.427. The summed E-state index contributed by atoms with van der Waals surface area (Å²) in [6.07, 6.45) is 7.07. The maximum absolute atomic E-state index is 7.56. The molecule has 0 amide bonds. The predicted molar refractivity (Wildman–Crippen MR) is 87.0 cm³/mol. The fraction of sp³-hybridized carbons (Fsp3) is 0.778. The van der Waals surface area contributed by atoms with Crippen molar-refractivity contribution in [1.29, 1.82) is 0 Å². The Bertz CT molecular complexity index is 206. The van der Waals surface area contributed by atoms with Gasteiger partial charge in [0.2, 0.25) is 0 Å². The van der Waals surface area contributed by atoms with Gasteiger partial charge in [-0.25, -0.2) is 0 Å². The fourth-order valence-corrected chi connectivity index (χ4v) is 0.427. The second-order valence-electron chi connectivity index (χ2n) is 3.16. The van der Waals surface area contributed by atoms with Crippen LogP contribution in [0.5, 0.6) is 0 Å². The number of hydrogen-bond acceptors (Lipinski definition) is 2. The molecule has 0 saturated heterocycles. The monoisotopic (exact) mass is 420 g/mol.